The summed E-state index contributed by atoms with van der Waals surface area (Å²) >= 11 is 10.1. The third-order valence-corrected chi connectivity index (χ3v) is 6.84. The molecule has 0 bridgehead atoms. The van der Waals surface area contributed by atoms with Crippen LogP contribution < -0.4 is 9.64 Å². The van der Waals surface area contributed by atoms with Crippen LogP contribution in [0, 0.1) is 6.92 Å². The fourth-order valence-electron chi connectivity index (χ4n) is 3.19. The molecule has 1 aliphatic rings. The zero-order valence-corrected chi connectivity index (χ0v) is 20.7. The number of halogens is 1. The number of thiocarbonyl (C=S) groups is 1. The van der Waals surface area contributed by atoms with Crippen molar-refractivity contribution in [3.05, 3.63) is 98.4 Å². The first-order valence-electron chi connectivity index (χ1n) is 9.91. The van der Waals surface area contributed by atoms with Gasteiger partial charge in [-0.25, -0.2) is 4.79 Å². The smallest absolute Gasteiger partial charge is 0.335 e. The number of benzene rings is 3. The van der Waals surface area contributed by atoms with E-state index in [2.05, 4.69) is 15.9 Å². The second-order valence-corrected chi connectivity index (χ2v) is 9.87. The first-order chi connectivity index (χ1) is 15.8. The zero-order valence-electron chi connectivity index (χ0n) is 17.4. The van der Waals surface area contributed by atoms with Crippen LogP contribution in [0.2, 0.25) is 0 Å². The molecule has 0 saturated carbocycles. The van der Waals surface area contributed by atoms with Gasteiger partial charge in [0.05, 0.1) is 20.6 Å². The summed E-state index contributed by atoms with van der Waals surface area (Å²) in [5, 5.41) is 9.23. The van der Waals surface area contributed by atoms with Crippen molar-refractivity contribution in [2.45, 2.75) is 13.5 Å². The van der Waals surface area contributed by atoms with Crippen molar-refractivity contribution < 1.29 is 19.4 Å². The first kappa shape index (κ1) is 23.2. The highest BCUT2D eigenvalue weighted by atomic mass is 79.9. The van der Waals surface area contributed by atoms with Gasteiger partial charge in [0.1, 0.15) is 12.4 Å². The Morgan fingerprint density at radius 2 is 1.91 bits per heavy atom. The number of rotatable bonds is 6. The summed E-state index contributed by atoms with van der Waals surface area (Å²) in [6.45, 7) is 2.49. The molecular weight excluding hydrogens is 522 g/mol. The van der Waals surface area contributed by atoms with Gasteiger partial charge < -0.3 is 9.84 Å². The number of anilines is 1. The Bertz CT molecular complexity index is 1290. The molecule has 0 aliphatic carbocycles. The number of carboxylic acids is 1. The fourth-order valence-corrected chi connectivity index (χ4v) is 5.00. The predicted octanol–water partition coefficient (Wildman–Crippen LogP) is 6.44. The highest BCUT2D eigenvalue weighted by Gasteiger charge is 2.33. The van der Waals surface area contributed by atoms with Crippen LogP contribution in [0.15, 0.2) is 76.1 Å². The number of hydrogen-bond acceptors (Lipinski definition) is 5. The average molecular weight is 540 g/mol. The van der Waals surface area contributed by atoms with Crippen LogP contribution in [-0.2, 0) is 11.4 Å². The summed E-state index contributed by atoms with van der Waals surface area (Å²) in [6.07, 6.45) is 1.76. The molecule has 0 unspecified atom stereocenters. The number of thioether (sulfide) groups is 1. The van der Waals surface area contributed by atoms with Crippen LogP contribution in [0.3, 0.4) is 0 Å². The van der Waals surface area contributed by atoms with Crippen molar-refractivity contribution >= 4 is 67.9 Å². The number of carbonyl (C=O) groups excluding carboxylic acids is 1. The third-order valence-electron chi connectivity index (χ3n) is 4.91. The van der Waals surface area contributed by atoms with Gasteiger partial charge in [0.2, 0.25) is 0 Å². The van der Waals surface area contributed by atoms with E-state index in [-0.39, 0.29) is 11.5 Å². The summed E-state index contributed by atoms with van der Waals surface area (Å²) in [6, 6.07) is 19.9. The normalized spacial score (nSPS) is 14.7. The molecule has 1 saturated heterocycles. The lowest BCUT2D eigenvalue weighted by atomic mass is 10.1. The molecule has 33 heavy (non-hydrogen) atoms. The highest BCUT2D eigenvalue weighted by Crippen LogP contribution is 2.37. The van der Waals surface area contributed by atoms with E-state index < -0.39 is 5.97 Å². The first-order valence-corrected chi connectivity index (χ1v) is 11.9. The number of carboxylic acid groups (broad SMARTS) is 1. The lowest BCUT2D eigenvalue weighted by molar-refractivity contribution is -0.113. The van der Waals surface area contributed by atoms with Crippen molar-refractivity contribution in [3.63, 3.8) is 0 Å². The molecule has 4 rings (SSSR count). The van der Waals surface area contributed by atoms with Gasteiger partial charge in [0.15, 0.2) is 4.32 Å². The minimum atomic E-state index is -1.06. The molecule has 0 spiro atoms. The molecule has 1 heterocycles. The average Bonchev–Trinajstić information content (AvgIpc) is 3.07. The Balaban J connectivity index is 1.50. The highest BCUT2D eigenvalue weighted by molar-refractivity contribution is 9.10. The van der Waals surface area contributed by atoms with Crippen LogP contribution in [0.1, 0.15) is 27.0 Å². The van der Waals surface area contributed by atoms with E-state index >= 15 is 0 Å². The van der Waals surface area contributed by atoms with Gasteiger partial charge in [-0.1, -0.05) is 65.9 Å². The molecule has 0 radical (unpaired) electrons. The topological polar surface area (TPSA) is 66.8 Å². The second-order valence-electron chi connectivity index (χ2n) is 7.34. The van der Waals surface area contributed by atoms with Gasteiger partial charge in [0.25, 0.3) is 5.91 Å². The lowest BCUT2D eigenvalue weighted by Gasteiger charge is -2.14. The molecule has 1 aliphatic heterocycles. The Hall–Kier alpha value is -2.94. The zero-order chi connectivity index (χ0) is 23.5. The largest absolute Gasteiger partial charge is 0.488 e. The molecule has 8 heteroatoms. The van der Waals surface area contributed by atoms with Crippen molar-refractivity contribution in [1.29, 1.82) is 0 Å². The van der Waals surface area contributed by atoms with Crippen molar-refractivity contribution in [2.24, 2.45) is 0 Å². The Labute approximate surface area is 209 Å². The lowest BCUT2D eigenvalue weighted by Crippen LogP contribution is -2.27. The molecular formula is C25H18BrNO4S2. The van der Waals surface area contributed by atoms with Crippen LogP contribution in [0.4, 0.5) is 5.69 Å². The van der Waals surface area contributed by atoms with E-state index in [0.29, 0.717) is 27.3 Å². The number of carbonyl (C=O) groups is 2. The molecule has 3 aromatic rings. The van der Waals surface area contributed by atoms with E-state index in [4.69, 9.17) is 17.0 Å². The summed E-state index contributed by atoms with van der Waals surface area (Å²) in [4.78, 5) is 26.1. The maximum Gasteiger partial charge on any atom is 0.335 e. The number of hydrogen-bond donors (Lipinski definition) is 1. The van der Waals surface area contributed by atoms with Crippen LogP contribution >= 0.6 is 39.9 Å². The van der Waals surface area contributed by atoms with E-state index in [9.17, 15) is 14.7 Å². The molecule has 1 fully saturated rings. The SMILES string of the molecule is Cc1ccc(COc2ccc(/C=C3/SC(=S)N(c4cccc(C(=O)O)c4)C3=O)cc2Br)cc1. The predicted molar refractivity (Wildman–Crippen MR) is 139 cm³/mol. The molecule has 0 atom stereocenters. The number of amides is 1. The fraction of sp³-hybridized carbons (Fsp3) is 0.0800. The molecule has 0 aromatic heterocycles. The monoisotopic (exact) mass is 539 g/mol. The van der Waals surface area contributed by atoms with Gasteiger partial charge in [0, 0.05) is 0 Å². The Morgan fingerprint density at radius 1 is 1.15 bits per heavy atom. The van der Waals surface area contributed by atoms with Crippen LogP contribution in [0.5, 0.6) is 5.75 Å². The van der Waals surface area contributed by atoms with E-state index in [1.807, 2.05) is 49.4 Å². The summed E-state index contributed by atoms with van der Waals surface area (Å²) < 4.78 is 7.04. The molecule has 166 valence electrons. The van der Waals surface area contributed by atoms with Gasteiger partial charge in [-0.2, -0.15) is 0 Å². The van der Waals surface area contributed by atoms with Crippen molar-refractivity contribution in [1.82, 2.24) is 0 Å². The van der Waals surface area contributed by atoms with Gasteiger partial charge in [-0.15, -0.1) is 0 Å². The molecule has 3 aromatic carbocycles. The van der Waals surface area contributed by atoms with Crippen molar-refractivity contribution in [2.75, 3.05) is 4.90 Å². The van der Waals surface area contributed by atoms with E-state index in [1.54, 1.807) is 18.2 Å². The summed E-state index contributed by atoms with van der Waals surface area (Å²) in [7, 11) is 0. The van der Waals surface area contributed by atoms with Gasteiger partial charge in [-0.3, -0.25) is 9.69 Å². The third kappa shape index (κ3) is 5.35. The minimum absolute atomic E-state index is 0.0932. The number of aromatic carboxylic acids is 1. The van der Waals surface area contributed by atoms with E-state index in [0.717, 1.165) is 15.6 Å². The molecule has 1 N–H and O–H groups in total. The van der Waals surface area contributed by atoms with Crippen molar-refractivity contribution in [3.8, 4) is 5.75 Å². The van der Waals surface area contributed by atoms with Gasteiger partial charge in [-0.05, 0) is 70.4 Å². The second kappa shape index (κ2) is 9.91. The number of ether oxygens (including phenoxy) is 1. The maximum atomic E-state index is 13.0. The minimum Gasteiger partial charge on any atom is -0.488 e. The number of aryl methyl sites for hydroxylation is 1. The summed E-state index contributed by atoms with van der Waals surface area (Å²) in [5.74, 6) is -0.651. The van der Waals surface area contributed by atoms with Crippen LogP contribution in [-0.4, -0.2) is 21.3 Å². The molecule has 1 amide bonds. The Kier molecular flexibility index (Phi) is 6.97. The standard InChI is InChI=1S/C25H18BrNO4S2/c1-15-5-7-16(8-6-15)14-31-21-10-9-17(11-20(21)26)12-22-23(28)27(25(32)33-22)19-4-2-3-18(13-19)24(29)30/h2-13H,14H2,1H3,(H,29,30)/b22-12+. The maximum absolute atomic E-state index is 13.0. The van der Waals surface area contributed by atoms with E-state index in [1.165, 1.54) is 34.4 Å². The Morgan fingerprint density at radius 3 is 2.61 bits per heavy atom. The molecule has 5 nitrogen and oxygen atoms in total. The quantitative estimate of drug-likeness (QED) is 0.287. The van der Waals surface area contributed by atoms with Crippen LogP contribution in [0.25, 0.3) is 6.08 Å². The number of nitrogens with zero attached hydrogens (tertiary/aromatic N) is 1. The van der Waals surface area contributed by atoms with Gasteiger partial charge >= 0.3 is 5.97 Å². The summed E-state index contributed by atoms with van der Waals surface area (Å²) in [5.41, 5.74) is 3.61.